The lowest BCUT2D eigenvalue weighted by molar-refractivity contribution is -0.122. The molecule has 1 fully saturated rings. The van der Waals surface area contributed by atoms with Crippen molar-refractivity contribution >= 4 is 17.7 Å². The average Bonchev–Trinajstić information content (AvgIpc) is 2.90. The van der Waals surface area contributed by atoms with Gasteiger partial charge in [-0.05, 0) is 0 Å². The average molecular weight is 294 g/mol. The molecule has 8 heteroatoms. The second kappa shape index (κ2) is 5.79. The fourth-order valence-electron chi connectivity index (χ4n) is 1.64. The van der Waals surface area contributed by atoms with E-state index in [4.69, 9.17) is 0 Å². The lowest BCUT2D eigenvalue weighted by Gasteiger charge is -2.12. The minimum Gasteiger partial charge on any atom is -0.350 e. The van der Waals surface area contributed by atoms with Crippen LogP contribution in [0.1, 0.15) is 5.56 Å². The van der Waals surface area contributed by atoms with E-state index in [-0.39, 0.29) is 6.07 Å². The molecule has 0 bridgehead atoms. The molecule has 1 saturated heterocycles. The molecule has 104 valence electrons. The van der Waals surface area contributed by atoms with Crippen molar-refractivity contribution in [2.45, 2.75) is 12.6 Å². The molecule has 0 spiro atoms. The molecule has 1 aliphatic heterocycles. The highest BCUT2D eigenvalue weighted by Crippen LogP contribution is 2.19. The van der Waals surface area contributed by atoms with Crippen LogP contribution in [0.4, 0.5) is 17.6 Å². The molecule has 0 aliphatic carbocycles. The molecule has 1 atom stereocenters. The number of thioether (sulfide) groups is 1. The van der Waals surface area contributed by atoms with Gasteiger partial charge in [0.1, 0.15) is 0 Å². The first-order valence-electron chi connectivity index (χ1n) is 5.41. The van der Waals surface area contributed by atoms with Gasteiger partial charge in [0.25, 0.3) is 0 Å². The third-order valence-corrected chi connectivity index (χ3v) is 3.61. The van der Waals surface area contributed by atoms with Crippen molar-refractivity contribution in [3.63, 3.8) is 0 Å². The predicted molar refractivity (Wildman–Crippen MR) is 62.4 cm³/mol. The molecule has 2 rings (SSSR count). The summed E-state index contributed by atoms with van der Waals surface area (Å²) in [5.74, 6) is -5.28. The van der Waals surface area contributed by atoms with Crippen LogP contribution in [-0.4, -0.2) is 23.6 Å². The summed E-state index contributed by atoms with van der Waals surface area (Å²) in [4.78, 5) is 11.6. The van der Waals surface area contributed by atoms with Crippen LogP contribution in [-0.2, 0) is 11.3 Å². The molecule has 1 heterocycles. The van der Waals surface area contributed by atoms with Crippen molar-refractivity contribution in [3.8, 4) is 0 Å². The number of benzene rings is 1. The summed E-state index contributed by atoms with van der Waals surface area (Å²) in [5.41, 5.74) is -0.823. The van der Waals surface area contributed by atoms with E-state index in [1.165, 1.54) is 11.8 Å². The number of amides is 1. The predicted octanol–water partition coefficient (Wildman–Crippen LogP) is 1.52. The number of hydrogen-bond acceptors (Lipinski definition) is 3. The van der Waals surface area contributed by atoms with Crippen LogP contribution in [0.25, 0.3) is 0 Å². The quantitative estimate of drug-likeness (QED) is 0.656. The number of hydrogen-bond donors (Lipinski definition) is 2. The first kappa shape index (κ1) is 14.1. The Morgan fingerprint density at radius 3 is 2.47 bits per heavy atom. The van der Waals surface area contributed by atoms with E-state index in [0.717, 1.165) is 0 Å². The molecular weight excluding hydrogens is 284 g/mol. The third-order valence-electron chi connectivity index (χ3n) is 2.67. The Bertz CT molecular complexity index is 480. The fourth-order valence-corrected chi connectivity index (χ4v) is 2.58. The maximum atomic E-state index is 13.3. The number of carbonyl (C=O) groups excluding carboxylic acids is 1. The molecule has 0 aromatic heterocycles. The normalized spacial score (nSPS) is 18.6. The summed E-state index contributed by atoms with van der Waals surface area (Å²) < 4.78 is 52.5. The molecular formula is C11H10F4N2OS. The number of rotatable bonds is 3. The summed E-state index contributed by atoms with van der Waals surface area (Å²) in [7, 11) is 0. The van der Waals surface area contributed by atoms with E-state index >= 15 is 0 Å². The Balaban J connectivity index is 2.09. The van der Waals surface area contributed by atoms with Gasteiger partial charge in [0.15, 0.2) is 23.3 Å². The third kappa shape index (κ3) is 3.01. The van der Waals surface area contributed by atoms with Gasteiger partial charge in [-0.25, -0.2) is 17.6 Å². The highest BCUT2D eigenvalue weighted by molar-refractivity contribution is 7.99. The topological polar surface area (TPSA) is 41.1 Å². The Morgan fingerprint density at radius 2 is 1.95 bits per heavy atom. The van der Waals surface area contributed by atoms with Crippen LogP contribution in [0.3, 0.4) is 0 Å². The highest BCUT2D eigenvalue weighted by atomic mass is 32.2. The first-order chi connectivity index (χ1) is 9.00. The van der Waals surface area contributed by atoms with Gasteiger partial charge in [-0.15, -0.1) is 11.8 Å². The van der Waals surface area contributed by atoms with Crippen molar-refractivity contribution in [1.82, 2.24) is 10.6 Å². The summed E-state index contributed by atoms with van der Waals surface area (Å²) in [6, 6.07) is -0.333. The van der Waals surface area contributed by atoms with E-state index in [0.29, 0.717) is 11.6 Å². The van der Waals surface area contributed by atoms with Crippen LogP contribution >= 0.6 is 11.8 Å². The second-order valence-corrected chi connectivity index (χ2v) is 4.97. The van der Waals surface area contributed by atoms with E-state index < -0.39 is 47.3 Å². The van der Waals surface area contributed by atoms with Gasteiger partial charge in [0, 0.05) is 29.8 Å². The van der Waals surface area contributed by atoms with Crippen molar-refractivity contribution in [2.24, 2.45) is 0 Å². The van der Waals surface area contributed by atoms with Gasteiger partial charge >= 0.3 is 0 Å². The minimum absolute atomic E-state index is 0.130. The van der Waals surface area contributed by atoms with Crippen LogP contribution in [0, 0.1) is 23.3 Å². The van der Waals surface area contributed by atoms with Crippen LogP contribution in [0.5, 0.6) is 0 Å². The zero-order valence-electron chi connectivity index (χ0n) is 9.60. The molecule has 2 N–H and O–H groups in total. The maximum Gasteiger partial charge on any atom is 0.238 e. The van der Waals surface area contributed by atoms with E-state index in [9.17, 15) is 22.4 Å². The van der Waals surface area contributed by atoms with Crippen molar-refractivity contribution < 1.29 is 22.4 Å². The maximum absolute atomic E-state index is 13.3. The molecule has 1 aliphatic rings. The standard InChI is InChI=1S/C11H10F4N2OS/c12-6-1-7(13)10(15)5(9(6)14)2-16-11(18)8-3-19-4-17-8/h1,8,17H,2-4H2,(H,16,18)/t8-/m1/s1. The number of carbonyl (C=O) groups is 1. The first-order valence-corrected chi connectivity index (χ1v) is 6.57. The Kier molecular flexibility index (Phi) is 4.31. The van der Waals surface area contributed by atoms with Gasteiger partial charge in [-0.1, -0.05) is 0 Å². The van der Waals surface area contributed by atoms with Crippen molar-refractivity contribution in [1.29, 1.82) is 0 Å². The van der Waals surface area contributed by atoms with E-state index in [1.54, 1.807) is 0 Å². The summed E-state index contributed by atoms with van der Waals surface area (Å²) in [6.45, 7) is -0.603. The van der Waals surface area contributed by atoms with Gasteiger partial charge in [-0.3, -0.25) is 10.1 Å². The molecule has 0 saturated carbocycles. The van der Waals surface area contributed by atoms with Crippen LogP contribution in [0.15, 0.2) is 6.07 Å². The minimum atomic E-state index is -1.49. The SMILES string of the molecule is O=C(NCc1c(F)c(F)cc(F)c1F)[C@H]1CSCN1. The summed E-state index contributed by atoms with van der Waals surface area (Å²) in [6.07, 6.45) is 0. The zero-order valence-corrected chi connectivity index (χ0v) is 10.4. The number of nitrogens with one attached hydrogen (secondary N) is 2. The van der Waals surface area contributed by atoms with E-state index in [1.807, 2.05) is 0 Å². The van der Waals surface area contributed by atoms with Crippen molar-refractivity contribution in [3.05, 3.63) is 34.9 Å². The van der Waals surface area contributed by atoms with Gasteiger partial charge in [0.2, 0.25) is 5.91 Å². The van der Waals surface area contributed by atoms with Crippen molar-refractivity contribution in [2.75, 3.05) is 11.6 Å². The molecule has 0 unspecified atom stereocenters. The Labute approximate surface area is 110 Å². The highest BCUT2D eigenvalue weighted by Gasteiger charge is 2.24. The van der Waals surface area contributed by atoms with Gasteiger partial charge < -0.3 is 5.32 Å². The molecule has 1 aromatic carbocycles. The van der Waals surface area contributed by atoms with E-state index in [2.05, 4.69) is 10.6 Å². The monoisotopic (exact) mass is 294 g/mol. The summed E-state index contributed by atoms with van der Waals surface area (Å²) in [5, 5.41) is 5.11. The van der Waals surface area contributed by atoms with Gasteiger partial charge in [-0.2, -0.15) is 0 Å². The lowest BCUT2D eigenvalue weighted by atomic mass is 10.1. The molecule has 19 heavy (non-hydrogen) atoms. The smallest absolute Gasteiger partial charge is 0.238 e. The molecule has 1 aromatic rings. The number of halogens is 4. The molecule has 1 amide bonds. The molecule has 0 radical (unpaired) electrons. The molecule has 3 nitrogen and oxygen atoms in total. The summed E-state index contributed by atoms with van der Waals surface area (Å²) >= 11 is 1.50. The second-order valence-electron chi connectivity index (χ2n) is 3.94. The van der Waals surface area contributed by atoms with Crippen LogP contribution in [0.2, 0.25) is 0 Å². The largest absolute Gasteiger partial charge is 0.350 e. The lowest BCUT2D eigenvalue weighted by Crippen LogP contribution is -2.41. The zero-order chi connectivity index (χ0) is 14.0. The Morgan fingerprint density at radius 1 is 1.32 bits per heavy atom. The van der Waals surface area contributed by atoms with Crippen LogP contribution < -0.4 is 10.6 Å². The van der Waals surface area contributed by atoms with Gasteiger partial charge in [0.05, 0.1) is 6.04 Å². The Hall–Kier alpha value is -1.28. The fraction of sp³-hybridized carbons (Fsp3) is 0.364.